The highest BCUT2D eigenvalue weighted by atomic mass is 35.5. The van der Waals surface area contributed by atoms with Crippen LogP contribution in [0, 0.1) is 0 Å². The number of benzene rings is 3. The third-order valence-electron chi connectivity index (χ3n) is 3.91. The van der Waals surface area contributed by atoms with E-state index in [-0.39, 0.29) is 0 Å². The summed E-state index contributed by atoms with van der Waals surface area (Å²) >= 11 is 12.3. The fourth-order valence-electron chi connectivity index (χ4n) is 2.67. The number of aromatic nitrogens is 2. The van der Waals surface area contributed by atoms with Crippen LogP contribution in [0.2, 0.25) is 10.0 Å². The molecular formula is C20H14Cl2N2O. The summed E-state index contributed by atoms with van der Waals surface area (Å²) in [6, 6.07) is 23.0. The van der Waals surface area contributed by atoms with Crippen molar-refractivity contribution in [1.82, 2.24) is 9.71 Å². The number of halogens is 2. The lowest BCUT2D eigenvalue weighted by atomic mass is 10.2. The van der Waals surface area contributed by atoms with E-state index in [9.17, 15) is 0 Å². The van der Waals surface area contributed by atoms with E-state index in [2.05, 4.69) is 0 Å². The van der Waals surface area contributed by atoms with Crippen LogP contribution in [0.1, 0.15) is 5.56 Å². The van der Waals surface area contributed by atoms with Crippen LogP contribution in [0.4, 0.5) is 0 Å². The molecule has 0 aliphatic carbocycles. The summed E-state index contributed by atoms with van der Waals surface area (Å²) in [5.41, 5.74) is 3.60. The maximum atomic E-state index is 6.37. The topological polar surface area (TPSA) is 27.1 Å². The molecule has 0 aliphatic rings. The van der Waals surface area contributed by atoms with Gasteiger partial charge >= 0.3 is 0 Å². The van der Waals surface area contributed by atoms with Crippen molar-refractivity contribution in [2.45, 2.75) is 6.61 Å². The van der Waals surface area contributed by atoms with Gasteiger partial charge in [0.15, 0.2) is 5.82 Å². The molecule has 4 aromatic rings. The van der Waals surface area contributed by atoms with Crippen molar-refractivity contribution in [3.8, 4) is 11.4 Å². The minimum absolute atomic E-state index is 0.398. The van der Waals surface area contributed by atoms with Gasteiger partial charge in [-0.2, -0.15) is 4.73 Å². The number of nitrogens with zero attached hydrogens (tertiary/aromatic N) is 2. The summed E-state index contributed by atoms with van der Waals surface area (Å²) in [5, 5.41) is 1.34. The van der Waals surface area contributed by atoms with E-state index in [4.69, 9.17) is 33.0 Å². The van der Waals surface area contributed by atoms with Gasteiger partial charge in [-0.25, -0.2) is 4.98 Å². The molecule has 0 saturated carbocycles. The van der Waals surface area contributed by atoms with Crippen LogP contribution in [0.15, 0.2) is 72.8 Å². The summed E-state index contributed by atoms with van der Waals surface area (Å²) < 4.78 is 1.74. The molecule has 0 fully saturated rings. The lowest BCUT2D eigenvalue weighted by Crippen LogP contribution is -2.12. The largest absolute Gasteiger partial charge is 0.407 e. The Bertz CT molecular complexity index is 1030. The molecule has 0 unspecified atom stereocenters. The summed E-state index contributed by atoms with van der Waals surface area (Å²) in [6.07, 6.45) is 0. The maximum Gasteiger partial charge on any atom is 0.178 e. The monoisotopic (exact) mass is 368 g/mol. The highest BCUT2D eigenvalue weighted by molar-refractivity contribution is 6.33. The van der Waals surface area contributed by atoms with E-state index >= 15 is 0 Å². The molecule has 0 amide bonds. The number of imidazole rings is 1. The van der Waals surface area contributed by atoms with E-state index in [1.807, 2.05) is 72.8 Å². The number of hydrogen-bond donors (Lipinski definition) is 0. The fraction of sp³-hybridized carbons (Fsp3) is 0.0500. The molecule has 0 aliphatic heterocycles. The lowest BCUT2D eigenvalue weighted by Gasteiger charge is -2.12. The average Bonchev–Trinajstić information content (AvgIpc) is 3.00. The summed E-state index contributed by atoms with van der Waals surface area (Å²) in [5.74, 6) is 0.681. The smallest absolute Gasteiger partial charge is 0.178 e. The summed E-state index contributed by atoms with van der Waals surface area (Å²) in [6.45, 7) is 0.398. The molecule has 0 radical (unpaired) electrons. The highest BCUT2D eigenvalue weighted by Crippen LogP contribution is 2.29. The van der Waals surface area contributed by atoms with Crippen molar-refractivity contribution >= 4 is 34.2 Å². The molecule has 124 valence electrons. The Morgan fingerprint density at radius 2 is 1.56 bits per heavy atom. The molecule has 5 heteroatoms. The zero-order valence-corrected chi connectivity index (χ0v) is 14.7. The molecule has 4 rings (SSSR count). The standard InChI is InChI=1S/C20H14Cl2N2O/c21-15-11-9-14(10-12-15)13-25-24-19-8-4-3-7-18(19)23-20(24)16-5-1-2-6-17(16)22/h1-12H,13H2. The first-order valence-electron chi connectivity index (χ1n) is 7.82. The molecule has 25 heavy (non-hydrogen) atoms. The van der Waals surface area contributed by atoms with Crippen LogP contribution in [0.25, 0.3) is 22.4 Å². The van der Waals surface area contributed by atoms with Crippen LogP contribution >= 0.6 is 23.2 Å². The van der Waals surface area contributed by atoms with Gasteiger partial charge in [-0.3, -0.25) is 0 Å². The van der Waals surface area contributed by atoms with Crippen LogP contribution in [0.3, 0.4) is 0 Å². The van der Waals surface area contributed by atoms with Crippen molar-refractivity contribution in [3.63, 3.8) is 0 Å². The first-order valence-corrected chi connectivity index (χ1v) is 8.58. The number of hydrogen-bond acceptors (Lipinski definition) is 2. The van der Waals surface area contributed by atoms with E-state index in [0.29, 0.717) is 22.5 Å². The van der Waals surface area contributed by atoms with Gasteiger partial charge < -0.3 is 4.84 Å². The van der Waals surface area contributed by atoms with Crippen molar-refractivity contribution in [1.29, 1.82) is 0 Å². The Morgan fingerprint density at radius 1 is 0.840 bits per heavy atom. The summed E-state index contributed by atoms with van der Waals surface area (Å²) in [4.78, 5) is 10.8. The second-order valence-electron chi connectivity index (χ2n) is 5.60. The SMILES string of the molecule is Clc1ccc(COn2c(-c3ccccc3Cl)nc3ccccc32)cc1. The van der Waals surface area contributed by atoms with Gasteiger partial charge in [-0.1, -0.05) is 59.6 Å². The molecule has 0 N–H and O–H groups in total. The fourth-order valence-corrected chi connectivity index (χ4v) is 3.01. The van der Waals surface area contributed by atoms with Gasteiger partial charge in [0.1, 0.15) is 12.1 Å². The van der Waals surface area contributed by atoms with Gasteiger partial charge in [-0.05, 0) is 42.0 Å². The molecule has 0 bridgehead atoms. The van der Waals surface area contributed by atoms with E-state index in [1.54, 1.807) is 4.73 Å². The zero-order chi connectivity index (χ0) is 17.2. The molecule has 3 nitrogen and oxygen atoms in total. The first kappa shape index (κ1) is 16.0. The van der Waals surface area contributed by atoms with Crippen molar-refractivity contribution in [2.75, 3.05) is 0 Å². The minimum atomic E-state index is 0.398. The second kappa shape index (κ2) is 6.79. The Hall–Kier alpha value is -2.49. The maximum absolute atomic E-state index is 6.37. The summed E-state index contributed by atoms with van der Waals surface area (Å²) in [7, 11) is 0. The minimum Gasteiger partial charge on any atom is -0.407 e. The molecule has 1 aromatic heterocycles. The average molecular weight is 369 g/mol. The second-order valence-corrected chi connectivity index (χ2v) is 6.44. The van der Waals surface area contributed by atoms with Gasteiger partial charge in [-0.15, -0.1) is 0 Å². The van der Waals surface area contributed by atoms with E-state index < -0.39 is 0 Å². The third kappa shape index (κ3) is 3.21. The van der Waals surface area contributed by atoms with E-state index in [1.165, 1.54) is 0 Å². The predicted molar refractivity (Wildman–Crippen MR) is 102 cm³/mol. The van der Waals surface area contributed by atoms with Gasteiger partial charge in [0.2, 0.25) is 0 Å². The molecule has 3 aromatic carbocycles. The highest BCUT2D eigenvalue weighted by Gasteiger charge is 2.15. The predicted octanol–water partition coefficient (Wildman–Crippen LogP) is 5.64. The molecular weight excluding hydrogens is 355 g/mol. The lowest BCUT2D eigenvalue weighted by molar-refractivity contribution is 0.110. The first-order chi connectivity index (χ1) is 12.2. The van der Waals surface area contributed by atoms with Crippen LogP contribution in [-0.2, 0) is 6.61 Å². The van der Waals surface area contributed by atoms with Crippen molar-refractivity contribution in [2.24, 2.45) is 0 Å². The van der Waals surface area contributed by atoms with Crippen LogP contribution in [-0.4, -0.2) is 9.71 Å². The number of fused-ring (bicyclic) bond motifs is 1. The zero-order valence-electron chi connectivity index (χ0n) is 13.2. The van der Waals surface area contributed by atoms with E-state index in [0.717, 1.165) is 22.2 Å². The number of para-hydroxylation sites is 2. The molecule has 1 heterocycles. The van der Waals surface area contributed by atoms with Crippen LogP contribution < -0.4 is 4.84 Å². The van der Waals surface area contributed by atoms with Crippen LogP contribution in [0.5, 0.6) is 0 Å². The van der Waals surface area contributed by atoms with Gasteiger partial charge in [0, 0.05) is 10.6 Å². The Labute approximate surface area is 155 Å². The van der Waals surface area contributed by atoms with Crippen molar-refractivity contribution < 1.29 is 4.84 Å². The van der Waals surface area contributed by atoms with Gasteiger partial charge in [0.25, 0.3) is 0 Å². The Kier molecular flexibility index (Phi) is 4.35. The van der Waals surface area contributed by atoms with Gasteiger partial charge in [0.05, 0.1) is 10.5 Å². The normalized spacial score (nSPS) is 11.0. The quantitative estimate of drug-likeness (QED) is 0.466. The number of rotatable bonds is 4. The molecule has 0 spiro atoms. The molecule has 0 atom stereocenters. The van der Waals surface area contributed by atoms with Crippen molar-refractivity contribution in [3.05, 3.63) is 88.4 Å². The Morgan fingerprint density at radius 3 is 2.36 bits per heavy atom. The molecule has 0 saturated heterocycles. The third-order valence-corrected chi connectivity index (χ3v) is 4.49. The Balaban J connectivity index is 1.77.